The Morgan fingerprint density at radius 2 is 0.573 bits per heavy atom. The molecular weight excluding hydrogens is 1170 g/mol. The van der Waals surface area contributed by atoms with Crippen molar-refractivity contribution in [3.63, 3.8) is 0 Å². The fraction of sp³-hybridized carbons (Fsp3) is 0.943. The highest BCUT2D eigenvalue weighted by atomic mass is 31.2. The van der Waals surface area contributed by atoms with Gasteiger partial charge in [0, 0.05) is 25.7 Å². The van der Waals surface area contributed by atoms with Crippen molar-refractivity contribution in [3.8, 4) is 0 Å². The van der Waals surface area contributed by atoms with Crippen LogP contribution in [0.4, 0.5) is 0 Å². The molecule has 0 aliphatic carbocycles. The lowest BCUT2D eigenvalue weighted by molar-refractivity contribution is -0.161. The second-order valence-electron chi connectivity index (χ2n) is 26.2. The number of hydrogen-bond donors (Lipinski definition) is 3. The molecule has 0 heterocycles. The topological polar surface area (TPSA) is 237 Å². The largest absolute Gasteiger partial charge is 0.472 e. The maximum atomic E-state index is 13.0. The molecule has 0 aliphatic heterocycles. The van der Waals surface area contributed by atoms with E-state index in [9.17, 15) is 43.2 Å². The quantitative estimate of drug-likeness (QED) is 0.0222. The molecule has 0 bridgehead atoms. The van der Waals surface area contributed by atoms with Crippen molar-refractivity contribution in [1.82, 2.24) is 0 Å². The lowest BCUT2D eigenvalue weighted by Gasteiger charge is -2.21. The third kappa shape index (κ3) is 62.0. The van der Waals surface area contributed by atoms with Gasteiger partial charge in [0.2, 0.25) is 0 Å². The van der Waals surface area contributed by atoms with Gasteiger partial charge in [0.05, 0.1) is 26.4 Å². The number of carbonyl (C=O) groups excluding carboxylic acids is 4. The summed E-state index contributed by atoms with van der Waals surface area (Å²) in [5.41, 5.74) is 0. The summed E-state index contributed by atoms with van der Waals surface area (Å²) in [5, 5.41) is 10.6. The van der Waals surface area contributed by atoms with Crippen molar-refractivity contribution in [3.05, 3.63) is 0 Å². The molecule has 7 atom stereocenters. The fourth-order valence-corrected chi connectivity index (χ4v) is 12.1. The van der Waals surface area contributed by atoms with Crippen molar-refractivity contribution < 1.29 is 80.2 Å². The zero-order valence-corrected chi connectivity index (χ0v) is 59.7. The molecule has 3 N–H and O–H groups in total. The Morgan fingerprint density at radius 1 is 0.326 bits per heavy atom. The minimum atomic E-state index is -4.95. The van der Waals surface area contributed by atoms with Crippen LogP contribution >= 0.6 is 15.6 Å². The van der Waals surface area contributed by atoms with Crippen LogP contribution in [0.1, 0.15) is 350 Å². The number of hydrogen-bond acceptors (Lipinski definition) is 15. The number of carbonyl (C=O) groups is 4. The Hall–Kier alpha value is -1.94. The highest BCUT2D eigenvalue weighted by molar-refractivity contribution is 7.47. The minimum absolute atomic E-state index is 0.103. The third-order valence-electron chi connectivity index (χ3n) is 16.9. The van der Waals surface area contributed by atoms with Gasteiger partial charge in [0.15, 0.2) is 12.2 Å². The van der Waals surface area contributed by atoms with E-state index < -0.39 is 97.5 Å². The minimum Gasteiger partial charge on any atom is -0.462 e. The summed E-state index contributed by atoms with van der Waals surface area (Å²) in [5.74, 6) is 0.178. The molecule has 0 amide bonds. The lowest BCUT2D eigenvalue weighted by atomic mass is 9.99. The smallest absolute Gasteiger partial charge is 0.462 e. The normalized spacial score (nSPS) is 14.8. The molecule has 528 valence electrons. The molecule has 0 radical (unpaired) electrons. The van der Waals surface area contributed by atoms with E-state index in [1.165, 1.54) is 161 Å². The standard InChI is InChI=1S/C70H136O17P2/c1-8-11-12-13-14-15-24-29-37-44-51-67(72)81-58-66(87-70(75)54-47-40-33-32-36-43-50-63(7)10-3)60-85-89(78,79)83-56-64(71)55-82-88(76,77)84-59-65(57-80-68(73)52-45-38-30-25-21-20-23-28-35-42-49-62(6)9-2)86-69(74)53-46-39-31-26-19-17-16-18-22-27-34-41-48-61(4)5/h61-66,71H,8-60H2,1-7H3,(H,76,77)(H,78,79)/t62?,63?,64-,65-,66-/m1/s1. The monoisotopic (exact) mass is 1310 g/mol. The summed E-state index contributed by atoms with van der Waals surface area (Å²) in [6.45, 7) is 11.8. The molecule has 0 rings (SSSR count). The summed E-state index contributed by atoms with van der Waals surface area (Å²) in [7, 11) is -9.90. The number of phosphoric acid groups is 2. The number of esters is 4. The van der Waals surface area contributed by atoms with Crippen LogP contribution in [0.2, 0.25) is 0 Å². The van der Waals surface area contributed by atoms with E-state index in [0.29, 0.717) is 25.7 Å². The molecule has 0 aliphatic rings. The summed E-state index contributed by atoms with van der Waals surface area (Å²) < 4.78 is 68.3. The zero-order chi connectivity index (χ0) is 65.9. The van der Waals surface area contributed by atoms with Gasteiger partial charge in [-0.2, -0.15) is 0 Å². The highest BCUT2D eigenvalue weighted by Gasteiger charge is 2.30. The van der Waals surface area contributed by atoms with Crippen LogP contribution in [-0.2, 0) is 65.4 Å². The second-order valence-corrected chi connectivity index (χ2v) is 29.1. The van der Waals surface area contributed by atoms with Gasteiger partial charge in [-0.3, -0.25) is 37.3 Å². The highest BCUT2D eigenvalue weighted by Crippen LogP contribution is 2.45. The molecule has 0 fully saturated rings. The maximum Gasteiger partial charge on any atom is 0.472 e. The molecule has 0 aromatic carbocycles. The molecule has 4 unspecified atom stereocenters. The maximum absolute atomic E-state index is 13.0. The number of phosphoric ester groups is 2. The van der Waals surface area contributed by atoms with Gasteiger partial charge in [-0.25, -0.2) is 9.13 Å². The van der Waals surface area contributed by atoms with E-state index in [-0.39, 0.29) is 25.7 Å². The Morgan fingerprint density at radius 3 is 0.854 bits per heavy atom. The van der Waals surface area contributed by atoms with Gasteiger partial charge >= 0.3 is 39.5 Å². The molecule has 17 nitrogen and oxygen atoms in total. The second kappa shape index (κ2) is 61.0. The van der Waals surface area contributed by atoms with E-state index >= 15 is 0 Å². The molecule has 89 heavy (non-hydrogen) atoms. The summed E-state index contributed by atoms with van der Waals surface area (Å²) >= 11 is 0. The predicted octanol–water partition coefficient (Wildman–Crippen LogP) is 19.8. The average Bonchev–Trinajstić information content (AvgIpc) is 3.72. The summed E-state index contributed by atoms with van der Waals surface area (Å²) in [6.07, 6.45) is 44.3. The molecule has 0 saturated heterocycles. The lowest BCUT2D eigenvalue weighted by Crippen LogP contribution is -2.30. The number of aliphatic hydroxyl groups excluding tert-OH is 1. The van der Waals surface area contributed by atoms with Crippen molar-refractivity contribution in [1.29, 1.82) is 0 Å². The fourth-order valence-electron chi connectivity index (χ4n) is 10.5. The Balaban J connectivity index is 5.25. The van der Waals surface area contributed by atoms with Crippen LogP contribution in [0.15, 0.2) is 0 Å². The predicted molar refractivity (Wildman–Crippen MR) is 358 cm³/mol. The first-order chi connectivity index (χ1) is 42.8. The Kier molecular flexibility index (Phi) is 59.6. The van der Waals surface area contributed by atoms with Crippen molar-refractivity contribution in [2.45, 2.75) is 369 Å². The van der Waals surface area contributed by atoms with E-state index in [1.54, 1.807) is 0 Å². The number of aliphatic hydroxyl groups is 1. The zero-order valence-electron chi connectivity index (χ0n) is 57.9. The molecule has 0 spiro atoms. The van der Waals surface area contributed by atoms with Gasteiger partial charge in [0.1, 0.15) is 19.3 Å². The van der Waals surface area contributed by atoms with Crippen LogP contribution in [0, 0.1) is 17.8 Å². The van der Waals surface area contributed by atoms with Crippen LogP contribution in [-0.4, -0.2) is 96.7 Å². The van der Waals surface area contributed by atoms with Crippen molar-refractivity contribution >= 4 is 39.5 Å². The number of ether oxygens (including phenoxy) is 4. The molecule has 0 saturated carbocycles. The van der Waals surface area contributed by atoms with E-state index in [0.717, 1.165) is 108 Å². The van der Waals surface area contributed by atoms with E-state index in [1.807, 2.05) is 0 Å². The first kappa shape index (κ1) is 87.1. The molecule has 0 aromatic rings. The first-order valence-electron chi connectivity index (χ1n) is 36.4. The van der Waals surface area contributed by atoms with Crippen LogP contribution < -0.4 is 0 Å². The van der Waals surface area contributed by atoms with Crippen LogP contribution in [0.25, 0.3) is 0 Å². The average molecular weight is 1310 g/mol. The molecular formula is C70H136O17P2. The molecule has 19 heteroatoms. The number of rotatable bonds is 68. The van der Waals surface area contributed by atoms with Crippen molar-refractivity contribution in [2.75, 3.05) is 39.6 Å². The summed E-state index contributed by atoms with van der Waals surface area (Å²) in [6, 6.07) is 0. The SMILES string of the molecule is CCCCCCCCCCCCC(=O)OC[C@H](COP(=O)(O)OC[C@H](O)COP(=O)(O)OC[C@@H](COC(=O)CCCCCCCCCCCCC(C)CC)OC(=O)CCCCCCCCCCCCCCC(C)C)OC(=O)CCCCCCCCC(C)CC. The molecule has 0 aromatic heterocycles. The van der Waals surface area contributed by atoms with Crippen LogP contribution in [0.5, 0.6) is 0 Å². The Labute approximate surface area is 543 Å². The van der Waals surface area contributed by atoms with Gasteiger partial charge in [-0.1, -0.05) is 299 Å². The van der Waals surface area contributed by atoms with Gasteiger partial charge < -0.3 is 33.8 Å². The van der Waals surface area contributed by atoms with Gasteiger partial charge in [-0.15, -0.1) is 0 Å². The van der Waals surface area contributed by atoms with Crippen LogP contribution in [0.3, 0.4) is 0 Å². The Bertz CT molecular complexity index is 1750. The van der Waals surface area contributed by atoms with Gasteiger partial charge in [0.25, 0.3) is 0 Å². The summed E-state index contributed by atoms with van der Waals surface area (Å²) in [4.78, 5) is 72.5. The van der Waals surface area contributed by atoms with Crippen molar-refractivity contribution in [2.24, 2.45) is 17.8 Å². The van der Waals surface area contributed by atoms with E-state index in [4.69, 9.17) is 37.0 Å². The third-order valence-corrected chi connectivity index (χ3v) is 18.8. The first-order valence-corrected chi connectivity index (χ1v) is 39.4. The van der Waals surface area contributed by atoms with Gasteiger partial charge in [-0.05, 0) is 43.4 Å². The number of unbranched alkanes of at least 4 members (excludes halogenated alkanes) is 34. The van der Waals surface area contributed by atoms with E-state index in [2.05, 4.69) is 48.5 Å².